The molecule has 2 saturated heterocycles. The van der Waals surface area contributed by atoms with E-state index in [0.717, 1.165) is 12.0 Å². The molecule has 3 fully saturated rings. The molecule has 0 spiro atoms. The van der Waals surface area contributed by atoms with Crippen LogP contribution in [-0.4, -0.2) is 85.3 Å². The first kappa shape index (κ1) is 32.7. The normalized spacial score (nSPS) is 25.3. The topological polar surface area (TPSA) is 152 Å². The number of aromatic nitrogens is 1. The first-order valence-electron chi connectivity index (χ1n) is 16.1. The van der Waals surface area contributed by atoms with Crippen LogP contribution in [0.4, 0.5) is 10.8 Å². The lowest BCUT2D eigenvalue weighted by molar-refractivity contribution is -0.130. The van der Waals surface area contributed by atoms with E-state index in [1.807, 2.05) is 58.0 Å². The van der Waals surface area contributed by atoms with E-state index >= 15 is 0 Å². The van der Waals surface area contributed by atoms with Gasteiger partial charge in [-0.1, -0.05) is 44.2 Å². The first-order chi connectivity index (χ1) is 22.0. The number of ether oxygens (including phenoxy) is 3. The minimum atomic E-state index is -4.07. The Balaban J connectivity index is 1.20. The van der Waals surface area contributed by atoms with Crippen LogP contribution in [0.2, 0.25) is 0 Å². The van der Waals surface area contributed by atoms with E-state index in [-0.39, 0.29) is 66.7 Å². The van der Waals surface area contributed by atoms with Gasteiger partial charge in [-0.05, 0) is 50.3 Å². The number of aliphatic hydroxyl groups excluding tert-OH is 1. The van der Waals surface area contributed by atoms with E-state index < -0.39 is 28.3 Å². The summed E-state index contributed by atoms with van der Waals surface area (Å²) >= 11 is 0. The minimum absolute atomic E-state index is 0.000841. The Morgan fingerprint density at radius 1 is 1.09 bits per heavy atom. The van der Waals surface area contributed by atoms with Gasteiger partial charge in [0.15, 0.2) is 11.9 Å². The molecule has 0 radical (unpaired) electrons. The molecular formula is C33H44N4O8S. The van der Waals surface area contributed by atoms with Crippen molar-refractivity contribution < 1.29 is 36.9 Å². The maximum absolute atomic E-state index is 14.0. The van der Waals surface area contributed by atoms with Crippen LogP contribution in [0.15, 0.2) is 57.8 Å². The van der Waals surface area contributed by atoms with Crippen LogP contribution in [0.3, 0.4) is 0 Å². The molecule has 3 aromatic rings. The second-order valence-corrected chi connectivity index (χ2v) is 15.3. The van der Waals surface area contributed by atoms with Crippen LogP contribution in [-0.2, 0) is 30.7 Å². The van der Waals surface area contributed by atoms with Crippen molar-refractivity contribution in [3.8, 4) is 0 Å². The monoisotopic (exact) mass is 656 g/mol. The number of carbonyl (C=O) groups excluding carboxylic acids is 1. The highest BCUT2D eigenvalue weighted by molar-refractivity contribution is 7.89. The van der Waals surface area contributed by atoms with Crippen LogP contribution in [0.25, 0.3) is 11.1 Å². The van der Waals surface area contributed by atoms with E-state index in [9.17, 15) is 18.3 Å². The molecule has 12 nitrogen and oxygen atoms in total. The Morgan fingerprint density at radius 3 is 2.61 bits per heavy atom. The zero-order chi connectivity index (χ0) is 32.6. The molecule has 3 N–H and O–H groups in total. The number of aliphatic hydroxyl groups is 1. The van der Waals surface area contributed by atoms with Crippen molar-refractivity contribution >= 4 is 33.2 Å². The zero-order valence-electron chi connectivity index (χ0n) is 26.7. The highest BCUT2D eigenvalue weighted by atomic mass is 32.2. The number of carbonyl (C=O) groups is 1. The average Bonchev–Trinajstić information content (AvgIpc) is 3.67. The molecule has 6 rings (SSSR count). The molecule has 13 heteroatoms. The van der Waals surface area contributed by atoms with Crippen molar-refractivity contribution in [3.63, 3.8) is 0 Å². The van der Waals surface area contributed by atoms with Crippen molar-refractivity contribution in [2.24, 2.45) is 17.8 Å². The molecule has 2 aromatic carbocycles. The number of hydrogen-bond donors (Lipinski definition) is 3. The molecule has 1 aliphatic carbocycles. The predicted octanol–water partition coefficient (Wildman–Crippen LogP) is 4.14. The number of rotatable bonds is 13. The molecule has 1 saturated carbocycles. The Labute approximate surface area is 269 Å². The van der Waals surface area contributed by atoms with Crippen LogP contribution in [0, 0.1) is 17.8 Å². The van der Waals surface area contributed by atoms with Gasteiger partial charge in [0.25, 0.3) is 6.01 Å². The summed E-state index contributed by atoms with van der Waals surface area (Å²) < 4.78 is 52.7. The van der Waals surface area contributed by atoms with Crippen molar-refractivity contribution in [2.45, 2.75) is 88.5 Å². The lowest BCUT2D eigenvalue weighted by atomic mass is 9.79. The Bertz CT molecular complexity index is 1610. The number of hydrogen-bond acceptors (Lipinski definition) is 10. The number of benzene rings is 2. The molecule has 2 bridgehead atoms. The molecular weight excluding hydrogens is 612 g/mol. The molecule has 3 heterocycles. The lowest BCUT2D eigenvalue weighted by Gasteiger charge is -2.33. The van der Waals surface area contributed by atoms with Gasteiger partial charge in [0.1, 0.15) is 11.6 Å². The third kappa shape index (κ3) is 7.18. The Kier molecular flexibility index (Phi) is 9.58. The quantitative estimate of drug-likeness (QED) is 0.245. The molecule has 7 atom stereocenters. The predicted molar refractivity (Wildman–Crippen MR) is 171 cm³/mol. The van der Waals surface area contributed by atoms with Crippen molar-refractivity contribution in [3.05, 3.63) is 54.1 Å². The summed E-state index contributed by atoms with van der Waals surface area (Å²) in [5.74, 6) is 0.244. The van der Waals surface area contributed by atoms with Gasteiger partial charge in [0, 0.05) is 43.5 Å². The smallest absolute Gasteiger partial charge is 0.407 e. The fourth-order valence-electron chi connectivity index (χ4n) is 6.75. The molecule has 4 unspecified atom stereocenters. The number of amides is 1. The highest BCUT2D eigenvalue weighted by Crippen LogP contribution is 2.47. The van der Waals surface area contributed by atoms with E-state index in [0.29, 0.717) is 30.1 Å². The second kappa shape index (κ2) is 13.5. The standard InChI is InChI=1S/C33H44N4O8S/c1-19(2)16-37(46(40,41)23-10-11-26-30(15-23)44-32(35-26)34-20(3)4)17-28(38)27(12-21-8-6-5-7-9-21)36-33(39)45-29-14-22-13-24-25(29)18-42-31(24)43-22/h5-11,15,19-20,22,24-25,27-29,31,38H,12-14,16-18H2,1-4H3,(H,34,35)(H,36,39)/t22-,24?,25?,27+,28-,29?,31?/m1/s1. The summed E-state index contributed by atoms with van der Waals surface area (Å²) in [5, 5.41) is 17.6. The summed E-state index contributed by atoms with van der Waals surface area (Å²) in [7, 11) is -4.07. The first-order valence-corrected chi connectivity index (χ1v) is 17.5. The van der Waals surface area contributed by atoms with Gasteiger partial charge in [-0.25, -0.2) is 13.2 Å². The van der Waals surface area contributed by atoms with E-state index in [2.05, 4.69) is 15.6 Å². The van der Waals surface area contributed by atoms with Crippen LogP contribution >= 0.6 is 0 Å². The van der Waals surface area contributed by atoms with Crippen LogP contribution < -0.4 is 10.6 Å². The van der Waals surface area contributed by atoms with Crippen LogP contribution in [0.5, 0.6) is 0 Å². The summed E-state index contributed by atoms with van der Waals surface area (Å²) in [5.41, 5.74) is 1.74. The number of nitrogens with zero attached hydrogens (tertiary/aromatic N) is 2. The molecule has 250 valence electrons. The molecule has 46 heavy (non-hydrogen) atoms. The number of nitrogens with one attached hydrogen (secondary N) is 2. The molecule has 2 aliphatic heterocycles. The van der Waals surface area contributed by atoms with Gasteiger partial charge < -0.3 is 34.4 Å². The van der Waals surface area contributed by atoms with Gasteiger partial charge in [0.2, 0.25) is 10.0 Å². The number of fused-ring (bicyclic) bond motifs is 2. The fraction of sp³-hybridized carbons (Fsp3) is 0.576. The van der Waals surface area contributed by atoms with E-state index in [4.69, 9.17) is 18.6 Å². The van der Waals surface area contributed by atoms with Crippen LogP contribution in [0.1, 0.15) is 46.1 Å². The van der Waals surface area contributed by atoms with Crippen molar-refractivity contribution in [1.82, 2.24) is 14.6 Å². The van der Waals surface area contributed by atoms with E-state index in [1.54, 1.807) is 6.07 Å². The summed E-state index contributed by atoms with van der Waals surface area (Å²) in [6.07, 6.45) is -0.703. The molecule has 1 amide bonds. The summed E-state index contributed by atoms with van der Waals surface area (Å²) in [6.45, 7) is 8.12. The zero-order valence-corrected chi connectivity index (χ0v) is 27.5. The number of alkyl carbamates (subject to hydrolysis) is 1. The molecule has 3 aliphatic rings. The largest absolute Gasteiger partial charge is 0.446 e. The SMILES string of the molecule is CC(C)CN(C[C@@H](O)[C@H](Cc1ccccc1)NC(=O)OC1C[C@H]2CC3C(OCC13)O2)S(=O)(=O)c1ccc2nc(NC(C)C)oc2c1. The third-order valence-electron chi connectivity index (χ3n) is 8.88. The summed E-state index contributed by atoms with van der Waals surface area (Å²) in [6, 6.07) is 13.6. The summed E-state index contributed by atoms with van der Waals surface area (Å²) in [4.78, 5) is 17.7. The maximum atomic E-state index is 14.0. The molecule has 1 aromatic heterocycles. The van der Waals surface area contributed by atoms with Gasteiger partial charge in [-0.15, -0.1) is 0 Å². The highest BCUT2D eigenvalue weighted by Gasteiger charge is 2.54. The number of sulfonamides is 1. The average molecular weight is 657 g/mol. The number of oxazole rings is 1. The minimum Gasteiger partial charge on any atom is -0.446 e. The van der Waals surface area contributed by atoms with Gasteiger partial charge in [-0.2, -0.15) is 9.29 Å². The Morgan fingerprint density at radius 2 is 1.87 bits per heavy atom. The van der Waals surface area contributed by atoms with Gasteiger partial charge >= 0.3 is 6.09 Å². The Hall–Kier alpha value is -3.23. The fourth-order valence-corrected chi connectivity index (χ4v) is 8.38. The van der Waals surface area contributed by atoms with Crippen molar-refractivity contribution in [1.29, 1.82) is 0 Å². The third-order valence-corrected chi connectivity index (χ3v) is 10.7. The lowest BCUT2D eigenvalue weighted by Crippen LogP contribution is -2.52. The van der Waals surface area contributed by atoms with Gasteiger partial charge in [-0.3, -0.25) is 0 Å². The maximum Gasteiger partial charge on any atom is 0.407 e. The van der Waals surface area contributed by atoms with Crippen molar-refractivity contribution in [2.75, 3.05) is 25.0 Å². The number of anilines is 1. The second-order valence-electron chi connectivity index (χ2n) is 13.4. The van der Waals surface area contributed by atoms with Gasteiger partial charge in [0.05, 0.1) is 29.8 Å². The van der Waals surface area contributed by atoms with E-state index in [1.165, 1.54) is 16.4 Å².